The molecule has 1 amide bonds. The van der Waals surface area contributed by atoms with Crippen molar-refractivity contribution in [2.45, 2.75) is 44.1 Å². The van der Waals surface area contributed by atoms with Gasteiger partial charge in [-0.05, 0) is 31.6 Å². The molecule has 0 saturated heterocycles. The molecule has 2 rings (SSSR count). The molecule has 0 atom stereocenters. The number of carbonyl (C=O) groups is 1. The van der Waals surface area contributed by atoms with Crippen molar-refractivity contribution in [3.05, 3.63) is 0 Å². The number of nitrogens with two attached hydrogens (primary N) is 1. The second-order valence-electron chi connectivity index (χ2n) is 4.09. The van der Waals surface area contributed by atoms with Gasteiger partial charge < -0.3 is 10.5 Å². The summed E-state index contributed by atoms with van der Waals surface area (Å²) in [6.45, 7) is 0. The summed E-state index contributed by atoms with van der Waals surface area (Å²) >= 11 is 0. The predicted octanol–water partition coefficient (Wildman–Crippen LogP) is 1.80. The zero-order valence-corrected chi connectivity index (χ0v) is 7.21. The lowest BCUT2D eigenvalue weighted by atomic mass is 10.1. The number of rotatable bonds is 4. The van der Waals surface area contributed by atoms with E-state index in [4.69, 9.17) is 10.5 Å². The maximum atomic E-state index is 10.5. The summed E-state index contributed by atoms with van der Waals surface area (Å²) in [5.74, 6) is 0.916. The van der Waals surface area contributed by atoms with Crippen molar-refractivity contribution in [2.75, 3.05) is 0 Å². The first-order chi connectivity index (χ1) is 5.70. The van der Waals surface area contributed by atoms with Crippen LogP contribution >= 0.6 is 0 Å². The van der Waals surface area contributed by atoms with Crippen LogP contribution in [0.5, 0.6) is 0 Å². The minimum Gasteiger partial charge on any atom is -0.443 e. The third kappa shape index (κ3) is 1.90. The molecule has 0 spiro atoms. The van der Waals surface area contributed by atoms with Gasteiger partial charge in [-0.2, -0.15) is 0 Å². The smallest absolute Gasteiger partial charge is 0.405 e. The maximum absolute atomic E-state index is 10.5. The van der Waals surface area contributed by atoms with E-state index in [1.54, 1.807) is 0 Å². The van der Waals surface area contributed by atoms with E-state index < -0.39 is 6.09 Å². The Morgan fingerprint density at radius 3 is 2.58 bits per heavy atom. The summed E-state index contributed by atoms with van der Waals surface area (Å²) in [6.07, 6.45) is 6.40. The molecular weight excluding hydrogens is 154 g/mol. The van der Waals surface area contributed by atoms with Crippen LogP contribution in [0.25, 0.3) is 0 Å². The average molecular weight is 169 g/mol. The fourth-order valence-corrected chi connectivity index (χ4v) is 1.63. The van der Waals surface area contributed by atoms with Gasteiger partial charge in [0.1, 0.15) is 5.60 Å². The SMILES string of the molecule is NC(=O)OC1(CCC2CC2)CC1. The highest BCUT2D eigenvalue weighted by molar-refractivity contribution is 5.65. The Balaban J connectivity index is 1.72. The van der Waals surface area contributed by atoms with Gasteiger partial charge in [0.05, 0.1) is 0 Å². The Labute approximate surface area is 72.3 Å². The molecule has 3 heteroatoms. The third-order valence-electron chi connectivity index (χ3n) is 2.83. The van der Waals surface area contributed by atoms with Crippen molar-refractivity contribution in [1.82, 2.24) is 0 Å². The lowest BCUT2D eigenvalue weighted by Gasteiger charge is -2.13. The molecule has 68 valence electrons. The zero-order chi connectivity index (χ0) is 8.60. The lowest BCUT2D eigenvalue weighted by molar-refractivity contribution is 0.0828. The molecule has 2 aliphatic carbocycles. The molecule has 2 fully saturated rings. The third-order valence-corrected chi connectivity index (χ3v) is 2.83. The van der Waals surface area contributed by atoms with Crippen molar-refractivity contribution in [2.24, 2.45) is 11.7 Å². The van der Waals surface area contributed by atoms with Crippen LogP contribution in [0.2, 0.25) is 0 Å². The normalized spacial score (nSPS) is 25.0. The quantitative estimate of drug-likeness (QED) is 0.697. The van der Waals surface area contributed by atoms with Crippen molar-refractivity contribution >= 4 is 6.09 Å². The van der Waals surface area contributed by atoms with Gasteiger partial charge in [0.2, 0.25) is 0 Å². The number of hydrogen-bond acceptors (Lipinski definition) is 2. The fraction of sp³-hybridized carbons (Fsp3) is 0.889. The number of ether oxygens (including phenoxy) is 1. The Morgan fingerprint density at radius 2 is 2.17 bits per heavy atom. The van der Waals surface area contributed by atoms with Crippen molar-refractivity contribution in [1.29, 1.82) is 0 Å². The Hall–Kier alpha value is -0.730. The molecule has 2 saturated carbocycles. The largest absolute Gasteiger partial charge is 0.443 e. The molecule has 0 aromatic carbocycles. The van der Waals surface area contributed by atoms with E-state index in [1.807, 2.05) is 0 Å². The van der Waals surface area contributed by atoms with Crippen LogP contribution in [0.4, 0.5) is 4.79 Å². The fourth-order valence-electron chi connectivity index (χ4n) is 1.63. The summed E-state index contributed by atoms with van der Waals surface area (Å²) < 4.78 is 5.07. The monoisotopic (exact) mass is 169 g/mol. The number of hydrogen-bond donors (Lipinski definition) is 1. The Morgan fingerprint density at radius 1 is 1.50 bits per heavy atom. The van der Waals surface area contributed by atoms with Crippen molar-refractivity contribution in [3.8, 4) is 0 Å². The van der Waals surface area contributed by atoms with Crippen LogP contribution in [-0.4, -0.2) is 11.7 Å². The van der Waals surface area contributed by atoms with Gasteiger partial charge in [-0.25, -0.2) is 4.79 Å². The highest BCUT2D eigenvalue weighted by Crippen LogP contribution is 2.46. The topological polar surface area (TPSA) is 52.3 Å². The average Bonchev–Trinajstić information content (AvgIpc) is 2.76. The number of primary amides is 1. The van der Waals surface area contributed by atoms with E-state index in [0.29, 0.717) is 0 Å². The van der Waals surface area contributed by atoms with E-state index in [0.717, 1.165) is 25.2 Å². The molecule has 0 radical (unpaired) electrons. The molecular formula is C9H15NO2. The summed E-state index contributed by atoms with van der Waals surface area (Å²) in [5, 5.41) is 0. The minimum absolute atomic E-state index is 0.131. The molecule has 12 heavy (non-hydrogen) atoms. The number of amides is 1. The minimum atomic E-state index is -0.608. The van der Waals surface area contributed by atoms with E-state index >= 15 is 0 Å². The van der Waals surface area contributed by atoms with Crippen molar-refractivity contribution in [3.63, 3.8) is 0 Å². The van der Waals surface area contributed by atoms with Crippen LogP contribution in [-0.2, 0) is 4.74 Å². The van der Waals surface area contributed by atoms with Crippen molar-refractivity contribution < 1.29 is 9.53 Å². The molecule has 0 heterocycles. The highest BCUT2D eigenvalue weighted by Gasteiger charge is 2.46. The molecule has 2 N–H and O–H groups in total. The van der Waals surface area contributed by atoms with E-state index in [9.17, 15) is 4.79 Å². The predicted molar refractivity (Wildman–Crippen MR) is 44.6 cm³/mol. The highest BCUT2D eigenvalue weighted by atomic mass is 16.6. The maximum Gasteiger partial charge on any atom is 0.405 e. The first kappa shape index (κ1) is 7.90. The van der Waals surface area contributed by atoms with Gasteiger partial charge in [0, 0.05) is 0 Å². The molecule has 0 aliphatic heterocycles. The van der Waals surface area contributed by atoms with Crippen LogP contribution in [0.15, 0.2) is 0 Å². The summed E-state index contributed by atoms with van der Waals surface area (Å²) in [5.41, 5.74) is 4.85. The summed E-state index contributed by atoms with van der Waals surface area (Å²) in [7, 11) is 0. The van der Waals surface area contributed by atoms with Crippen LogP contribution in [0.3, 0.4) is 0 Å². The number of carbonyl (C=O) groups excluding carboxylic acids is 1. The van der Waals surface area contributed by atoms with Crippen LogP contribution in [0.1, 0.15) is 38.5 Å². The Bertz CT molecular complexity index is 195. The van der Waals surface area contributed by atoms with Crippen LogP contribution < -0.4 is 5.73 Å². The van der Waals surface area contributed by atoms with Gasteiger partial charge in [-0.3, -0.25) is 0 Å². The van der Waals surface area contributed by atoms with E-state index in [1.165, 1.54) is 19.3 Å². The molecule has 0 aromatic rings. The molecule has 3 nitrogen and oxygen atoms in total. The Kier molecular flexibility index (Phi) is 1.74. The second kappa shape index (κ2) is 2.64. The zero-order valence-electron chi connectivity index (χ0n) is 7.21. The van der Waals surface area contributed by atoms with E-state index in [2.05, 4.69) is 0 Å². The van der Waals surface area contributed by atoms with Gasteiger partial charge in [-0.1, -0.05) is 12.8 Å². The van der Waals surface area contributed by atoms with Gasteiger partial charge in [0.25, 0.3) is 0 Å². The lowest BCUT2D eigenvalue weighted by Crippen LogP contribution is -2.24. The first-order valence-corrected chi connectivity index (χ1v) is 4.69. The van der Waals surface area contributed by atoms with Crippen LogP contribution in [0, 0.1) is 5.92 Å². The summed E-state index contributed by atoms with van der Waals surface area (Å²) in [4.78, 5) is 10.5. The van der Waals surface area contributed by atoms with E-state index in [-0.39, 0.29) is 5.60 Å². The standard InChI is InChI=1S/C9H15NO2/c10-8(11)12-9(5-6-9)4-3-7-1-2-7/h7H,1-6H2,(H2,10,11). The molecule has 0 aromatic heterocycles. The molecule has 2 aliphatic rings. The van der Waals surface area contributed by atoms with Gasteiger partial charge in [0.15, 0.2) is 0 Å². The van der Waals surface area contributed by atoms with Gasteiger partial charge >= 0.3 is 6.09 Å². The molecule has 0 unspecified atom stereocenters. The second-order valence-corrected chi connectivity index (χ2v) is 4.09. The first-order valence-electron chi connectivity index (χ1n) is 4.69. The molecule has 0 bridgehead atoms. The van der Waals surface area contributed by atoms with Gasteiger partial charge in [-0.15, -0.1) is 0 Å². The summed E-state index contributed by atoms with van der Waals surface area (Å²) in [6, 6.07) is 0.